The van der Waals surface area contributed by atoms with Gasteiger partial charge in [0, 0.05) is 37.4 Å². The summed E-state index contributed by atoms with van der Waals surface area (Å²) in [6.45, 7) is 2.03. The summed E-state index contributed by atoms with van der Waals surface area (Å²) in [6.07, 6.45) is 1.98. The predicted molar refractivity (Wildman–Crippen MR) is 69.8 cm³/mol. The number of carbonyl (C=O) groups excluding carboxylic acids is 2. The molecule has 1 saturated heterocycles. The zero-order chi connectivity index (χ0) is 13.1. The van der Waals surface area contributed by atoms with E-state index < -0.39 is 0 Å². The van der Waals surface area contributed by atoms with Gasteiger partial charge < -0.3 is 4.74 Å². The van der Waals surface area contributed by atoms with E-state index in [0.29, 0.717) is 24.5 Å². The fourth-order valence-corrected chi connectivity index (χ4v) is 2.80. The summed E-state index contributed by atoms with van der Waals surface area (Å²) >= 11 is 1.21. The molecular weight excluding hydrogens is 252 g/mol. The summed E-state index contributed by atoms with van der Waals surface area (Å²) in [5.74, 6) is 1.23. The standard InChI is InChI=1S/C12H14N2O3S/c1-8(15)18-10-6-12(16)14(7-10)11-5-9(17-2)3-4-13-11/h3-5,10H,6-7H2,1-2H3. The van der Waals surface area contributed by atoms with Gasteiger partial charge in [-0.25, -0.2) is 4.98 Å². The van der Waals surface area contributed by atoms with Gasteiger partial charge in [-0.2, -0.15) is 0 Å². The number of nitrogens with zero attached hydrogens (tertiary/aromatic N) is 2. The fraction of sp³-hybridized carbons (Fsp3) is 0.417. The number of thioether (sulfide) groups is 1. The van der Waals surface area contributed by atoms with E-state index in [1.807, 2.05) is 0 Å². The molecule has 0 aromatic carbocycles. The van der Waals surface area contributed by atoms with Crippen LogP contribution in [0.1, 0.15) is 13.3 Å². The van der Waals surface area contributed by atoms with Crippen molar-refractivity contribution in [3.05, 3.63) is 18.3 Å². The first kappa shape index (κ1) is 12.9. The quantitative estimate of drug-likeness (QED) is 0.829. The van der Waals surface area contributed by atoms with Crippen LogP contribution in [-0.2, 0) is 9.59 Å². The molecule has 2 heterocycles. The molecule has 1 aliphatic rings. The Morgan fingerprint density at radius 2 is 2.39 bits per heavy atom. The first-order valence-electron chi connectivity index (χ1n) is 5.58. The lowest BCUT2D eigenvalue weighted by atomic mass is 10.4. The smallest absolute Gasteiger partial charge is 0.229 e. The van der Waals surface area contributed by atoms with Crippen LogP contribution >= 0.6 is 11.8 Å². The number of rotatable bonds is 3. The van der Waals surface area contributed by atoms with E-state index in [1.54, 1.807) is 30.3 Å². The van der Waals surface area contributed by atoms with E-state index in [4.69, 9.17) is 4.74 Å². The second-order valence-corrected chi connectivity index (χ2v) is 5.47. The molecule has 0 bridgehead atoms. The Balaban J connectivity index is 2.13. The van der Waals surface area contributed by atoms with Crippen molar-refractivity contribution in [3.8, 4) is 5.75 Å². The lowest BCUT2D eigenvalue weighted by Gasteiger charge is -2.15. The van der Waals surface area contributed by atoms with Crippen LogP contribution in [0, 0.1) is 0 Å². The molecule has 1 aromatic heterocycles. The minimum atomic E-state index is -0.00509. The zero-order valence-electron chi connectivity index (χ0n) is 10.3. The molecule has 96 valence electrons. The third-order valence-corrected chi connectivity index (χ3v) is 3.63. The summed E-state index contributed by atoms with van der Waals surface area (Å²) in [5, 5.41) is 0.0521. The predicted octanol–water partition coefficient (Wildman–Crippen LogP) is 1.48. The lowest BCUT2D eigenvalue weighted by molar-refractivity contribution is -0.117. The van der Waals surface area contributed by atoms with Crippen molar-refractivity contribution in [2.75, 3.05) is 18.6 Å². The van der Waals surface area contributed by atoms with Crippen LogP contribution in [-0.4, -0.2) is 34.9 Å². The molecule has 0 spiro atoms. The van der Waals surface area contributed by atoms with Gasteiger partial charge in [0.2, 0.25) is 5.91 Å². The highest BCUT2D eigenvalue weighted by Crippen LogP contribution is 2.28. The molecule has 6 heteroatoms. The molecule has 0 aliphatic carbocycles. The van der Waals surface area contributed by atoms with Gasteiger partial charge in [-0.05, 0) is 6.07 Å². The Hall–Kier alpha value is -1.56. The van der Waals surface area contributed by atoms with E-state index in [2.05, 4.69) is 4.98 Å². The van der Waals surface area contributed by atoms with Crippen LogP contribution < -0.4 is 9.64 Å². The van der Waals surface area contributed by atoms with E-state index in [1.165, 1.54) is 18.7 Å². The molecule has 1 aromatic rings. The molecule has 1 fully saturated rings. The van der Waals surface area contributed by atoms with Gasteiger partial charge in [-0.15, -0.1) is 0 Å². The first-order chi connectivity index (χ1) is 8.60. The molecule has 1 unspecified atom stereocenters. The monoisotopic (exact) mass is 266 g/mol. The highest BCUT2D eigenvalue weighted by Gasteiger charge is 2.32. The highest BCUT2D eigenvalue weighted by molar-refractivity contribution is 8.14. The maximum atomic E-state index is 11.9. The van der Waals surface area contributed by atoms with Crippen molar-refractivity contribution in [1.82, 2.24) is 4.98 Å². The van der Waals surface area contributed by atoms with Gasteiger partial charge in [0.1, 0.15) is 11.6 Å². The van der Waals surface area contributed by atoms with Gasteiger partial charge in [0.05, 0.1) is 7.11 Å². The number of ether oxygens (including phenoxy) is 1. The Bertz CT molecular complexity index is 478. The van der Waals surface area contributed by atoms with Crippen molar-refractivity contribution < 1.29 is 14.3 Å². The maximum Gasteiger partial charge on any atom is 0.229 e. The Morgan fingerprint density at radius 1 is 1.61 bits per heavy atom. The van der Waals surface area contributed by atoms with Crippen LogP contribution in [0.25, 0.3) is 0 Å². The number of hydrogen-bond donors (Lipinski definition) is 0. The van der Waals surface area contributed by atoms with Crippen molar-refractivity contribution >= 4 is 28.6 Å². The molecule has 5 nitrogen and oxygen atoms in total. The largest absolute Gasteiger partial charge is 0.497 e. The summed E-state index contributed by atoms with van der Waals surface area (Å²) in [4.78, 5) is 28.7. The molecular formula is C12H14N2O3S. The second kappa shape index (κ2) is 5.39. The highest BCUT2D eigenvalue weighted by atomic mass is 32.2. The summed E-state index contributed by atoms with van der Waals surface area (Å²) in [5.41, 5.74) is 0. The zero-order valence-corrected chi connectivity index (χ0v) is 11.1. The van der Waals surface area contributed by atoms with Crippen LogP contribution in [0.2, 0.25) is 0 Å². The number of anilines is 1. The molecule has 2 rings (SSSR count). The first-order valence-corrected chi connectivity index (χ1v) is 6.45. The van der Waals surface area contributed by atoms with E-state index in [-0.39, 0.29) is 16.3 Å². The van der Waals surface area contributed by atoms with Gasteiger partial charge in [-0.1, -0.05) is 11.8 Å². The second-order valence-electron chi connectivity index (χ2n) is 3.99. The van der Waals surface area contributed by atoms with Gasteiger partial charge in [-0.3, -0.25) is 14.5 Å². The van der Waals surface area contributed by atoms with E-state index in [9.17, 15) is 9.59 Å². The van der Waals surface area contributed by atoms with Gasteiger partial charge >= 0.3 is 0 Å². The van der Waals surface area contributed by atoms with Crippen molar-refractivity contribution in [2.24, 2.45) is 0 Å². The van der Waals surface area contributed by atoms with Crippen LogP contribution in [0.4, 0.5) is 5.82 Å². The topological polar surface area (TPSA) is 59.5 Å². The van der Waals surface area contributed by atoms with E-state index in [0.717, 1.165) is 0 Å². The van der Waals surface area contributed by atoms with E-state index >= 15 is 0 Å². The minimum Gasteiger partial charge on any atom is -0.497 e. The molecule has 0 N–H and O–H groups in total. The van der Waals surface area contributed by atoms with Gasteiger partial charge in [0.25, 0.3) is 0 Å². The number of hydrogen-bond acceptors (Lipinski definition) is 5. The average Bonchev–Trinajstić information content (AvgIpc) is 2.69. The van der Waals surface area contributed by atoms with Crippen molar-refractivity contribution in [2.45, 2.75) is 18.6 Å². The lowest BCUT2D eigenvalue weighted by Crippen LogP contribution is -2.25. The van der Waals surface area contributed by atoms with Gasteiger partial charge in [0.15, 0.2) is 5.12 Å². The van der Waals surface area contributed by atoms with Crippen LogP contribution in [0.15, 0.2) is 18.3 Å². The van der Waals surface area contributed by atoms with Crippen LogP contribution in [0.5, 0.6) is 5.75 Å². The fourth-order valence-electron chi connectivity index (χ4n) is 1.88. The molecule has 0 radical (unpaired) electrons. The number of methoxy groups -OCH3 is 1. The Morgan fingerprint density at radius 3 is 3.06 bits per heavy atom. The average molecular weight is 266 g/mol. The maximum absolute atomic E-state index is 11.9. The summed E-state index contributed by atoms with van der Waals surface area (Å²) in [6, 6.07) is 3.45. The van der Waals surface area contributed by atoms with Crippen molar-refractivity contribution in [1.29, 1.82) is 0 Å². The molecule has 0 saturated carbocycles. The Kier molecular flexibility index (Phi) is 3.86. The SMILES string of the molecule is COc1ccnc(N2CC(SC(C)=O)CC2=O)c1. The molecule has 18 heavy (non-hydrogen) atoms. The normalized spacial score (nSPS) is 19.1. The minimum absolute atomic E-state index is 0.00509. The number of carbonyl (C=O) groups is 2. The van der Waals surface area contributed by atoms with Crippen LogP contribution in [0.3, 0.4) is 0 Å². The number of aromatic nitrogens is 1. The third-order valence-electron chi connectivity index (χ3n) is 2.65. The third kappa shape index (κ3) is 2.81. The summed E-state index contributed by atoms with van der Waals surface area (Å²) < 4.78 is 5.10. The molecule has 1 atom stereocenters. The Labute approximate surface area is 110 Å². The number of pyridine rings is 1. The van der Waals surface area contributed by atoms with Crippen molar-refractivity contribution in [3.63, 3.8) is 0 Å². The molecule has 1 amide bonds. The number of amides is 1. The molecule has 1 aliphatic heterocycles. The summed E-state index contributed by atoms with van der Waals surface area (Å²) in [7, 11) is 1.57.